The number of rotatable bonds is 6. The molecule has 1 aliphatic rings. The first-order valence-corrected chi connectivity index (χ1v) is 7.27. The second-order valence-electron chi connectivity index (χ2n) is 6.20. The van der Waals surface area contributed by atoms with E-state index < -0.39 is 0 Å². The Kier molecular flexibility index (Phi) is 6.75. The fraction of sp³-hybridized carbons (Fsp3) is 0.929. The number of piperazine rings is 1. The highest BCUT2D eigenvalue weighted by Gasteiger charge is 2.22. The maximum absolute atomic E-state index is 11.7. The summed E-state index contributed by atoms with van der Waals surface area (Å²) < 4.78 is 5.34. The van der Waals surface area contributed by atoms with E-state index in [4.69, 9.17) is 10.5 Å². The molecule has 1 rings (SSSR count). The predicted molar refractivity (Wildman–Crippen MR) is 77.0 cm³/mol. The molecular formula is C14H29N3O2. The number of nitrogens with zero attached hydrogens (tertiary/aromatic N) is 2. The zero-order valence-electron chi connectivity index (χ0n) is 12.7. The second kappa shape index (κ2) is 7.82. The topological polar surface area (TPSA) is 58.8 Å². The molecule has 5 heteroatoms. The van der Waals surface area contributed by atoms with Crippen molar-refractivity contribution in [3.05, 3.63) is 0 Å². The van der Waals surface area contributed by atoms with E-state index in [2.05, 4.69) is 9.80 Å². The number of carbonyl (C=O) groups excluding carboxylic acids is 1. The molecule has 0 saturated carbocycles. The highest BCUT2D eigenvalue weighted by atomic mass is 16.6. The highest BCUT2D eigenvalue weighted by molar-refractivity contribution is 5.72. The summed E-state index contributed by atoms with van der Waals surface area (Å²) in [5.41, 5.74) is 5.11. The molecule has 1 fully saturated rings. The van der Waals surface area contributed by atoms with Crippen LogP contribution in [0.1, 0.15) is 33.6 Å². The van der Waals surface area contributed by atoms with E-state index in [0.29, 0.717) is 6.54 Å². The molecule has 19 heavy (non-hydrogen) atoms. The van der Waals surface area contributed by atoms with Gasteiger partial charge in [0.2, 0.25) is 0 Å². The molecule has 1 heterocycles. The molecule has 0 atom stereocenters. The molecule has 0 spiro atoms. The van der Waals surface area contributed by atoms with Gasteiger partial charge in [-0.1, -0.05) is 0 Å². The highest BCUT2D eigenvalue weighted by Crippen LogP contribution is 2.09. The maximum atomic E-state index is 11.7. The molecule has 0 bridgehead atoms. The van der Waals surface area contributed by atoms with Crippen molar-refractivity contribution in [2.75, 3.05) is 45.8 Å². The normalized spacial score (nSPS) is 18.5. The molecule has 1 aliphatic heterocycles. The number of hydrogen-bond acceptors (Lipinski definition) is 5. The zero-order valence-corrected chi connectivity index (χ0v) is 12.7. The van der Waals surface area contributed by atoms with Crippen molar-refractivity contribution in [1.82, 2.24) is 9.80 Å². The fourth-order valence-corrected chi connectivity index (χ4v) is 2.21. The lowest BCUT2D eigenvalue weighted by Crippen LogP contribution is -2.48. The van der Waals surface area contributed by atoms with Gasteiger partial charge in [0.05, 0.1) is 6.54 Å². The molecule has 0 aromatic rings. The van der Waals surface area contributed by atoms with Gasteiger partial charge in [-0.15, -0.1) is 0 Å². The standard InChI is InChI=1S/C14H29N3O2/c1-14(2,3)19-13(18)12-17-10-8-16(9-11-17)7-5-4-6-15/h4-12,15H2,1-3H3. The van der Waals surface area contributed by atoms with Crippen molar-refractivity contribution < 1.29 is 9.53 Å². The number of esters is 1. The van der Waals surface area contributed by atoms with Gasteiger partial charge >= 0.3 is 5.97 Å². The molecule has 0 aromatic carbocycles. The van der Waals surface area contributed by atoms with Crippen molar-refractivity contribution in [2.24, 2.45) is 5.73 Å². The van der Waals surface area contributed by atoms with Crippen molar-refractivity contribution in [1.29, 1.82) is 0 Å². The minimum atomic E-state index is -0.388. The quantitative estimate of drug-likeness (QED) is 0.569. The third-order valence-corrected chi connectivity index (χ3v) is 3.17. The van der Waals surface area contributed by atoms with Crippen LogP contribution in [-0.2, 0) is 9.53 Å². The molecule has 0 aliphatic carbocycles. The zero-order chi connectivity index (χ0) is 14.3. The molecule has 0 amide bonds. The SMILES string of the molecule is CC(C)(C)OC(=O)CN1CCN(CCCCN)CC1. The van der Waals surface area contributed by atoms with E-state index in [1.807, 2.05) is 20.8 Å². The van der Waals surface area contributed by atoms with E-state index in [-0.39, 0.29) is 11.6 Å². The summed E-state index contributed by atoms with van der Waals surface area (Å²) in [5.74, 6) is -0.121. The summed E-state index contributed by atoms with van der Waals surface area (Å²) in [6.45, 7) is 12.0. The predicted octanol–water partition coefficient (Wildman–Crippen LogP) is 0.685. The molecule has 0 radical (unpaired) electrons. The van der Waals surface area contributed by atoms with Crippen LogP contribution < -0.4 is 5.73 Å². The summed E-state index contributed by atoms with van der Waals surface area (Å²) in [4.78, 5) is 16.3. The van der Waals surface area contributed by atoms with Crippen LogP contribution >= 0.6 is 0 Å². The van der Waals surface area contributed by atoms with Crippen LogP contribution in [0.4, 0.5) is 0 Å². The lowest BCUT2D eigenvalue weighted by atomic mass is 10.2. The Hall–Kier alpha value is -0.650. The fourth-order valence-electron chi connectivity index (χ4n) is 2.21. The molecule has 5 nitrogen and oxygen atoms in total. The van der Waals surface area contributed by atoms with Crippen LogP contribution in [0.15, 0.2) is 0 Å². The molecule has 1 saturated heterocycles. The minimum absolute atomic E-state index is 0.121. The average molecular weight is 271 g/mol. The maximum Gasteiger partial charge on any atom is 0.320 e. The molecule has 0 unspecified atom stereocenters. The Morgan fingerprint density at radius 1 is 1.11 bits per heavy atom. The molecular weight excluding hydrogens is 242 g/mol. The Balaban J connectivity index is 2.17. The number of ether oxygens (including phenoxy) is 1. The largest absolute Gasteiger partial charge is 0.459 e. The number of hydrogen-bond donors (Lipinski definition) is 1. The van der Waals surface area contributed by atoms with Gasteiger partial charge in [-0.3, -0.25) is 9.69 Å². The van der Waals surface area contributed by atoms with Crippen molar-refractivity contribution in [3.8, 4) is 0 Å². The first-order valence-electron chi connectivity index (χ1n) is 7.27. The van der Waals surface area contributed by atoms with Crippen LogP contribution in [0.3, 0.4) is 0 Å². The van der Waals surface area contributed by atoms with E-state index >= 15 is 0 Å². The lowest BCUT2D eigenvalue weighted by Gasteiger charge is -2.34. The van der Waals surface area contributed by atoms with E-state index in [1.54, 1.807) is 0 Å². The van der Waals surface area contributed by atoms with E-state index in [9.17, 15) is 4.79 Å². The van der Waals surface area contributed by atoms with Crippen LogP contribution in [0.5, 0.6) is 0 Å². The van der Waals surface area contributed by atoms with Gasteiger partial charge < -0.3 is 15.4 Å². The number of unbranched alkanes of at least 4 members (excludes halogenated alkanes) is 1. The van der Waals surface area contributed by atoms with Gasteiger partial charge in [0, 0.05) is 26.2 Å². The Morgan fingerprint density at radius 3 is 2.21 bits per heavy atom. The first kappa shape index (κ1) is 16.4. The van der Waals surface area contributed by atoms with Crippen LogP contribution in [0.25, 0.3) is 0 Å². The van der Waals surface area contributed by atoms with Crippen LogP contribution in [-0.4, -0.2) is 67.2 Å². The summed E-state index contributed by atoms with van der Waals surface area (Å²) in [7, 11) is 0. The van der Waals surface area contributed by atoms with Gasteiger partial charge in [-0.05, 0) is 46.7 Å². The third-order valence-electron chi connectivity index (χ3n) is 3.17. The van der Waals surface area contributed by atoms with Crippen molar-refractivity contribution in [2.45, 2.75) is 39.2 Å². The molecule has 112 valence electrons. The Morgan fingerprint density at radius 2 is 1.68 bits per heavy atom. The summed E-state index contributed by atoms with van der Waals surface area (Å²) in [6.07, 6.45) is 2.26. The van der Waals surface area contributed by atoms with Crippen LogP contribution in [0.2, 0.25) is 0 Å². The van der Waals surface area contributed by atoms with Gasteiger partial charge in [-0.25, -0.2) is 0 Å². The van der Waals surface area contributed by atoms with Crippen molar-refractivity contribution in [3.63, 3.8) is 0 Å². The van der Waals surface area contributed by atoms with E-state index in [1.165, 1.54) is 6.42 Å². The van der Waals surface area contributed by atoms with Crippen LogP contribution in [0, 0.1) is 0 Å². The molecule has 0 aromatic heterocycles. The molecule has 2 N–H and O–H groups in total. The Bertz CT molecular complexity index is 268. The average Bonchev–Trinajstić information content (AvgIpc) is 2.29. The third kappa shape index (κ3) is 7.50. The summed E-state index contributed by atoms with van der Waals surface area (Å²) in [5, 5.41) is 0. The minimum Gasteiger partial charge on any atom is -0.459 e. The summed E-state index contributed by atoms with van der Waals surface area (Å²) in [6, 6.07) is 0. The summed E-state index contributed by atoms with van der Waals surface area (Å²) >= 11 is 0. The van der Waals surface area contributed by atoms with E-state index in [0.717, 1.165) is 45.7 Å². The Labute approximate surface area is 117 Å². The van der Waals surface area contributed by atoms with Gasteiger partial charge in [-0.2, -0.15) is 0 Å². The first-order chi connectivity index (χ1) is 8.90. The monoisotopic (exact) mass is 271 g/mol. The van der Waals surface area contributed by atoms with Gasteiger partial charge in [0.25, 0.3) is 0 Å². The van der Waals surface area contributed by atoms with Gasteiger partial charge in [0.1, 0.15) is 5.60 Å². The number of carbonyl (C=O) groups is 1. The second-order valence-corrected chi connectivity index (χ2v) is 6.20. The van der Waals surface area contributed by atoms with Gasteiger partial charge in [0.15, 0.2) is 0 Å². The lowest BCUT2D eigenvalue weighted by molar-refractivity contribution is -0.156. The smallest absolute Gasteiger partial charge is 0.320 e. The number of nitrogens with two attached hydrogens (primary N) is 1. The van der Waals surface area contributed by atoms with Crippen molar-refractivity contribution >= 4 is 5.97 Å².